The second kappa shape index (κ2) is 5.40. The monoisotopic (exact) mass is 188 g/mol. The molecule has 2 N–H and O–H groups in total. The molecule has 13 heavy (non-hydrogen) atoms. The van der Waals surface area contributed by atoms with Gasteiger partial charge in [0.1, 0.15) is 5.60 Å². The van der Waals surface area contributed by atoms with E-state index in [1.165, 1.54) is 6.21 Å². The lowest BCUT2D eigenvalue weighted by Crippen LogP contribution is -2.33. The summed E-state index contributed by atoms with van der Waals surface area (Å²) >= 11 is 0. The van der Waals surface area contributed by atoms with Gasteiger partial charge in [0.05, 0.1) is 0 Å². The van der Waals surface area contributed by atoms with Crippen molar-refractivity contribution in [2.75, 3.05) is 6.54 Å². The van der Waals surface area contributed by atoms with Gasteiger partial charge in [0.25, 0.3) is 0 Å². The SMILES string of the molecule is CC(C)(C)OC(=O)NCCC=NO. The van der Waals surface area contributed by atoms with Crippen molar-refractivity contribution in [3.63, 3.8) is 0 Å². The Hall–Kier alpha value is -1.26. The van der Waals surface area contributed by atoms with E-state index in [0.29, 0.717) is 13.0 Å². The molecule has 0 heterocycles. The maximum atomic E-state index is 11.0. The third-order valence-corrected chi connectivity index (χ3v) is 1.02. The Morgan fingerprint density at radius 3 is 2.69 bits per heavy atom. The average molecular weight is 188 g/mol. The Morgan fingerprint density at radius 2 is 2.23 bits per heavy atom. The Morgan fingerprint density at radius 1 is 1.62 bits per heavy atom. The lowest BCUT2D eigenvalue weighted by atomic mass is 10.2. The van der Waals surface area contributed by atoms with Crippen molar-refractivity contribution in [1.82, 2.24) is 5.32 Å². The summed E-state index contributed by atoms with van der Waals surface area (Å²) in [6.45, 7) is 5.78. The van der Waals surface area contributed by atoms with Gasteiger partial charge in [-0.3, -0.25) is 0 Å². The zero-order chi connectivity index (χ0) is 10.3. The van der Waals surface area contributed by atoms with Crippen molar-refractivity contribution in [1.29, 1.82) is 0 Å². The molecule has 0 aliphatic carbocycles. The number of carbonyl (C=O) groups is 1. The van der Waals surface area contributed by atoms with Crippen molar-refractivity contribution in [2.45, 2.75) is 32.8 Å². The van der Waals surface area contributed by atoms with Crippen LogP contribution in [0.3, 0.4) is 0 Å². The predicted molar refractivity (Wildman–Crippen MR) is 49.1 cm³/mol. The van der Waals surface area contributed by atoms with Gasteiger partial charge in [-0.15, -0.1) is 5.16 Å². The zero-order valence-electron chi connectivity index (χ0n) is 8.20. The molecule has 0 radical (unpaired) electrons. The van der Waals surface area contributed by atoms with Crippen LogP contribution in [0.25, 0.3) is 0 Å². The van der Waals surface area contributed by atoms with Crippen molar-refractivity contribution in [2.24, 2.45) is 5.16 Å². The maximum Gasteiger partial charge on any atom is 0.407 e. The molecule has 0 spiro atoms. The van der Waals surface area contributed by atoms with Crippen LogP contribution in [0.15, 0.2) is 5.16 Å². The predicted octanol–water partition coefficient (Wildman–Crippen LogP) is 1.36. The van der Waals surface area contributed by atoms with Gasteiger partial charge in [0, 0.05) is 19.2 Å². The van der Waals surface area contributed by atoms with Gasteiger partial charge in [-0.1, -0.05) is 0 Å². The van der Waals surface area contributed by atoms with Crippen molar-refractivity contribution < 1.29 is 14.7 Å². The van der Waals surface area contributed by atoms with Crippen LogP contribution in [0.4, 0.5) is 4.79 Å². The number of amides is 1. The molecule has 0 aliphatic rings. The highest BCUT2D eigenvalue weighted by atomic mass is 16.6. The first-order chi connectivity index (χ1) is 5.95. The Balaban J connectivity index is 3.52. The van der Waals surface area contributed by atoms with Gasteiger partial charge >= 0.3 is 6.09 Å². The lowest BCUT2D eigenvalue weighted by Gasteiger charge is -2.19. The number of nitrogens with zero attached hydrogens (tertiary/aromatic N) is 1. The number of hydrogen-bond donors (Lipinski definition) is 2. The van der Waals surface area contributed by atoms with Crippen LogP contribution in [-0.2, 0) is 4.74 Å². The Bertz CT molecular complexity index is 184. The standard InChI is InChI=1S/C8H16N2O3/c1-8(2,3)13-7(11)9-5-4-6-10-12/h6,12H,4-5H2,1-3H3,(H,9,11). The van der Waals surface area contributed by atoms with Crippen LogP contribution in [-0.4, -0.2) is 29.7 Å². The maximum absolute atomic E-state index is 11.0. The van der Waals surface area contributed by atoms with Crippen LogP contribution < -0.4 is 5.32 Å². The number of oxime groups is 1. The summed E-state index contributed by atoms with van der Waals surface area (Å²) in [7, 11) is 0. The normalized spacial score (nSPS) is 11.6. The summed E-state index contributed by atoms with van der Waals surface area (Å²) in [5.74, 6) is 0. The average Bonchev–Trinajstić information content (AvgIpc) is 1.94. The smallest absolute Gasteiger partial charge is 0.407 e. The fourth-order valence-corrected chi connectivity index (χ4v) is 0.611. The molecule has 0 aromatic rings. The largest absolute Gasteiger partial charge is 0.444 e. The summed E-state index contributed by atoms with van der Waals surface area (Å²) in [6.07, 6.45) is 1.33. The molecule has 0 atom stereocenters. The molecule has 5 nitrogen and oxygen atoms in total. The minimum atomic E-state index is -0.477. The fourth-order valence-electron chi connectivity index (χ4n) is 0.611. The first-order valence-electron chi connectivity index (χ1n) is 4.08. The highest BCUT2D eigenvalue weighted by Gasteiger charge is 2.14. The number of nitrogens with one attached hydrogen (secondary N) is 1. The summed E-state index contributed by atoms with van der Waals surface area (Å²) in [5.41, 5.74) is -0.477. The molecule has 0 fully saturated rings. The molecule has 0 saturated heterocycles. The van der Waals surface area contributed by atoms with E-state index in [1.807, 2.05) is 0 Å². The highest BCUT2D eigenvalue weighted by Crippen LogP contribution is 2.05. The molecule has 0 unspecified atom stereocenters. The van der Waals surface area contributed by atoms with E-state index in [1.54, 1.807) is 20.8 Å². The summed E-state index contributed by atoms with van der Waals surface area (Å²) in [6, 6.07) is 0. The van der Waals surface area contributed by atoms with Gasteiger partial charge in [-0.05, 0) is 20.8 Å². The number of carbonyl (C=O) groups excluding carboxylic acids is 1. The van der Waals surface area contributed by atoms with Crippen LogP contribution in [0.5, 0.6) is 0 Å². The van der Waals surface area contributed by atoms with Crippen LogP contribution in [0.2, 0.25) is 0 Å². The second-order valence-electron chi connectivity index (χ2n) is 3.52. The molecular formula is C8H16N2O3. The molecule has 0 bridgehead atoms. The van der Waals surface area contributed by atoms with Gasteiger partial charge in [-0.2, -0.15) is 0 Å². The minimum Gasteiger partial charge on any atom is -0.444 e. The summed E-state index contributed by atoms with van der Waals surface area (Å²) < 4.78 is 4.96. The first-order valence-corrected chi connectivity index (χ1v) is 4.08. The molecule has 0 saturated carbocycles. The van der Waals surface area contributed by atoms with E-state index < -0.39 is 11.7 Å². The number of hydrogen-bond acceptors (Lipinski definition) is 4. The molecule has 0 aromatic heterocycles. The molecule has 0 aliphatic heterocycles. The zero-order valence-corrected chi connectivity index (χ0v) is 8.20. The lowest BCUT2D eigenvalue weighted by molar-refractivity contribution is 0.0529. The van der Waals surface area contributed by atoms with Crippen LogP contribution >= 0.6 is 0 Å². The highest BCUT2D eigenvalue weighted by molar-refractivity contribution is 5.68. The topological polar surface area (TPSA) is 70.9 Å². The number of alkyl carbamates (subject to hydrolysis) is 1. The van der Waals surface area contributed by atoms with Crippen LogP contribution in [0.1, 0.15) is 27.2 Å². The molecule has 1 amide bonds. The third kappa shape index (κ3) is 8.65. The second-order valence-corrected chi connectivity index (χ2v) is 3.52. The summed E-state index contributed by atoms with van der Waals surface area (Å²) in [5, 5.41) is 13.3. The van der Waals surface area contributed by atoms with E-state index in [2.05, 4.69) is 10.5 Å². The van der Waals surface area contributed by atoms with Gasteiger partial charge in [0.15, 0.2) is 0 Å². The number of rotatable bonds is 3. The van der Waals surface area contributed by atoms with E-state index >= 15 is 0 Å². The molecule has 5 heteroatoms. The van der Waals surface area contributed by atoms with Crippen LogP contribution in [0, 0.1) is 0 Å². The van der Waals surface area contributed by atoms with Gasteiger partial charge < -0.3 is 15.3 Å². The van der Waals surface area contributed by atoms with Gasteiger partial charge in [0.2, 0.25) is 0 Å². The quantitative estimate of drug-likeness (QED) is 0.304. The van der Waals surface area contributed by atoms with E-state index in [9.17, 15) is 4.79 Å². The van der Waals surface area contributed by atoms with E-state index in [0.717, 1.165) is 0 Å². The van der Waals surface area contributed by atoms with E-state index in [4.69, 9.17) is 9.94 Å². The molecule has 76 valence electrons. The summed E-state index contributed by atoms with van der Waals surface area (Å²) in [4.78, 5) is 11.0. The molecular weight excluding hydrogens is 172 g/mol. The third-order valence-electron chi connectivity index (χ3n) is 1.02. The molecule has 0 rings (SSSR count). The van der Waals surface area contributed by atoms with Crippen molar-refractivity contribution in [3.05, 3.63) is 0 Å². The molecule has 0 aromatic carbocycles. The van der Waals surface area contributed by atoms with Gasteiger partial charge in [-0.25, -0.2) is 4.79 Å². The Kier molecular flexibility index (Phi) is 4.87. The fraction of sp³-hybridized carbons (Fsp3) is 0.750. The van der Waals surface area contributed by atoms with Crippen molar-refractivity contribution in [3.8, 4) is 0 Å². The Labute approximate surface area is 77.8 Å². The minimum absolute atomic E-state index is 0.402. The first kappa shape index (κ1) is 11.7. The van der Waals surface area contributed by atoms with E-state index in [-0.39, 0.29) is 0 Å². The number of ether oxygens (including phenoxy) is 1. The van der Waals surface area contributed by atoms with Crippen molar-refractivity contribution >= 4 is 12.3 Å².